The average Bonchev–Trinajstić information content (AvgIpc) is 2.24. The van der Waals surface area contributed by atoms with Gasteiger partial charge in [0.25, 0.3) is 0 Å². The van der Waals surface area contributed by atoms with Crippen molar-refractivity contribution in [2.75, 3.05) is 0 Å². The van der Waals surface area contributed by atoms with Crippen molar-refractivity contribution < 1.29 is 9.90 Å². The number of carboxylic acid groups (broad SMARTS) is 1. The van der Waals surface area contributed by atoms with Crippen LogP contribution in [-0.4, -0.2) is 20.2 Å². The van der Waals surface area contributed by atoms with E-state index in [2.05, 4.69) is 11.1 Å². The van der Waals surface area contributed by atoms with Crippen LogP contribution in [0.15, 0.2) is 17.2 Å². The summed E-state index contributed by atoms with van der Waals surface area (Å²) in [5.74, 6) is 9.95. The molecule has 1 aliphatic rings. The standard InChI is InChI=1S/C3H4O2.H11N8P3/c1-2-3(4)5;1-7-9(3)6-10(4)8(2)11(7)5/h2H,1H2,(H,4,5);10H,1-3,5H2,(H2,4,6). The molecule has 11 N–H and O–H groups in total. The largest absolute Gasteiger partial charge is 0.478 e. The predicted octanol–water partition coefficient (Wildman–Crippen LogP) is -0.834. The van der Waals surface area contributed by atoms with Crippen molar-refractivity contribution in [3.8, 4) is 0 Å². The van der Waals surface area contributed by atoms with Crippen LogP contribution in [-0.2, 0) is 4.79 Å². The Morgan fingerprint density at radius 2 is 1.94 bits per heavy atom. The van der Waals surface area contributed by atoms with Crippen LogP contribution in [0.25, 0.3) is 0 Å². The van der Waals surface area contributed by atoms with Crippen LogP contribution in [0.2, 0.25) is 0 Å². The lowest BCUT2D eigenvalue weighted by molar-refractivity contribution is -0.131. The Morgan fingerprint density at radius 3 is 2.31 bits per heavy atom. The lowest BCUT2D eigenvalue weighted by atomic mass is 10.7. The molecular weight excluding hydrogens is 273 g/mol. The Balaban J connectivity index is 0.000000385. The zero-order chi connectivity index (χ0) is 12.9. The van der Waals surface area contributed by atoms with Crippen LogP contribution < -0.4 is 28.2 Å². The molecule has 0 amide bonds. The minimum Gasteiger partial charge on any atom is -0.478 e. The number of rotatable bonds is 1. The monoisotopic (exact) mass is 288 g/mol. The minimum atomic E-state index is -1.58. The van der Waals surface area contributed by atoms with Gasteiger partial charge in [-0.1, -0.05) is 6.58 Å². The summed E-state index contributed by atoms with van der Waals surface area (Å²) in [7, 11) is -4.04. The number of carboxylic acids is 1. The highest BCUT2D eigenvalue weighted by Gasteiger charge is 2.28. The van der Waals surface area contributed by atoms with Gasteiger partial charge < -0.3 is 5.11 Å². The van der Waals surface area contributed by atoms with E-state index in [1.807, 2.05) is 0 Å². The molecule has 13 heteroatoms. The van der Waals surface area contributed by atoms with Gasteiger partial charge in [0.2, 0.25) is 0 Å². The summed E-state index contributed by atoms with van der Waals surface area (Å²) in [5.41, 5.74) is 16.7. The maximum atomic E-state index is 9.25. The lowest BCUT2D eigenvalue weighted by Gasteiger charge is -2.35. The maximum Gasteiger partial charge on any atom is 0.327 e. The van der Waals surface area contributed by atoms with Crippen molar-refractivity contribution in [1.82, 2.24) is 9.10 Å². The first-order chi connectivity index (χ1) is 7.31. The van der Waals surface area contributed by atoms with Gasteiger partial charge in [-0.05, 0) is 0 Å². The normalized spacial score (nSPS) is 30.9. The van der Waals surface area contributed by atoms with Crippen molar-refractivity contribution in [2.45, 2.75) is 0 Å². The van der Waals surface area contributed by atoms with Gasteiger partial charge in [-0.3, -0.25) is 28.2 Å². The van der Waals surface area contributed by atoms with Gasteiger partial charge in [0.05, 0.1) is 0 Å². The third-order valence-electron chi connectivity index (χ3n) is 1.25. The Labute approximate surface area is 95.7 Å². The van der Waals surface area contributed by atoms with Crippen LogP contribution >= 0.6 is 24.8 Å². The molecule has 0 radical (unpaired) electrons. The quantitative estimate of drug-likeness (QED) is 0.203. The molecule has 94 valence electrons. The summed E-state index contributed by atoms with van der Waals surface area (Å²) in [6, 6.07) is 0. The summed E-state index contributed by atoms with van der Waals surface area (Å²) in [6.45, 7) is 2.96. The zero-order valence-corrected chi connectivity index (χ0v) is 11.1. The highest BCUT2D eigenvalue weighted by atomic mass is 31.2. The van der Waals surface area contributed by atoms with Crippen molar-refractivity contribution in [3.05, 3.63) is 12.7 Å². The van der Waals surface area contributed by atoms with Crippen molar-refractivity contribution in [2.24, 2.45) is 32.7 Å². The third kappa shape index (κ3) is 4.90. The van der Waals surface area contributed by atoms with Gasteiger partial charge in [-0.15, -0.1) is 9.10 Å². The van der Waals surface area contributed by atoms with Gasteiger partial charge in [0, 0.05) is 6.08 Å². The first-order valence-corrected chi connectivity index (χ1v) is 7.80. The second-order valence-corrected chi connectivity index (χ2v) is 7.57. The number of hydrogen-bond acceptors (Lipinski definition) is 9. The summed E-state index contributed by atoms with van der Waals surface area (Å²) < 4.78 is 6.52. The van der Waals surface area contributed by atoms with Gasteiger partial charge in [-0.25, -0.2) is 9.31 Å². The minimum absolute atomic E-state index is 0.833. The van der Waals surface area contributed by atoms with E-state index in [0.29, 0.717) is 0 Å². The lowest BCUT2D eigenvalue weighted by Crippen LogP contribution is -2.37. The fourth-order valence-corrected chi connectivity index (χ4v) is 5.35. The molecule has 3 atom stereocenters. The number of nitrogens with zero attached hydrogens (tertiary/aromatic N) is 3. The Bertz CT molecular complexity index is 298. The van der Waals surface area contributed by atoms with E-state index in [-0.39, 0.29) is 0 Å². The summed E-state index contributed by atoms with van der Waals surface area (Å²) in [5, 5.41) is 7.60. The maximum absolute atomic E-state index is 9.25. The van der Waals surface area contributed by atoms with Crippen molar-refractivity contribution in [3.63, 3.8) is 0 Å². The molecule has 1 rings (SSSR count). The number of hydrogen-bond donors (Lipinski definition) is 6. The van der Waals surface area contributed by atoms with E-state index in [9.17, 15) is 4.79 Å². The van der Waals surface area contributed by atoms with E-state index < -0.39 is 30.7 Å². The second kappa shape index (κ2) is 7.37. The molecule has 0 saturated heterocycles. The molecule has 0 aliphatic carbocycles. The third-order valence-corrected chi connectivity index (χ3v) is 6.97. The summed E-state index contributed by atoms with van der Waals surface area (Å²) in [6.07, 6.45) is 0.833. The molecule has 10 nitrogen and oxygen atoms in total. The first-order valence-electron chi connectivity index (χ1n) is 3.69. The molecule has 16 heavy (non-hydrogen) atoms. The van der Waals surface area contributed by atoms with Crippen LogP contribution in [0.5, 0.6) is 0 Å². The highest BCUT2D eigenvalue weighted by Crippen LogP contribution is 2.58. The van der Waals surface area contributed by atoms with Crippen molar-refractivity contribution in [1.29, 1.82) is 0 Å². The second-order valence-electron chi connectivity index (χ2n) is 2.31. The van der Waals surface area contributed by atoms with E-state index in [4.69, 9.17) is 33.3 Å². The fourth-order valence-electron chi connectivity index (χ4n) is 0.494. The Hall–Kier alpha value is 0.0200. The molecule has 0 fully saturated rings. The van der Waals surface area contributed by atoms with Crippen LogP contribution in [0.3, 0.4) is 0 Å². The van der Waals surface area contributed by atoms with Gasteiger partial charge in [0.1, 0.15) is 8.01 Å². The molecule has 0 aromatic carbocycles. The number of aliphatic carboxylic acids is 1. The Kier molecular flexibility index (Phi) is 7.38. The van der Waals surface area contributed by atoms with Crippen LogP contribution in [0, 0.1) is 0 Å². The molecule has 3 unspecified atom stereocenters. The van der Waals surface area contributed by atoms with E-state index in [0.717, 1.165) is 6.08 Å². The highest BCUT2D eigenvalue weighted by molar-refractivity contribution is 7.76. The van der Waals surface area contributed by atoms with Crippen LogP contribution in [0.4, 0.5) is 0 Å². The molecule has 1 heterocycles. The van der Waals surface area contributed by atoms with Crippen molar-refractivity contribution >= 4 is 30.7 Å². The smallest absolute Gasteiger partial charge is 0.327 e. The average molecular weight is 288 g/mol. The zero-order valence-electron chi connectivity index (χ0n) is 8.26. The van der Waals surface area contributed by atoms with E-state index in [1.54, 1.807) is 0 Å². The summed E-state index contributed by atoms with van der Waals surface area (Å²) >= 11 is 0. The van der Waals surface area contributed by atoms with Gasteiger partial charge >= 0.3 is 5.97 Å². The van der Waals surface area contributed by atoms with E-state index >= 15 is 0 Å². The summed E-state index contributed by atoms with van der Waals surface area (Å²) in [4.78, 5) is 9.25. The number of nitrogens with two attached hydrogens (primary N) is 5. The Morgan fingerprint density at radius 1 is 1.50 bits per heavy atom. The SMILES string of the molecule is C=CC(=O)O.NN1P(N)N=[PH](N)N(N)P1N. The topological polar surface area (TPSA) is 186 Å². The fraction of sp³-hybridized carbons (Fsp3) is 0. The molecule has 0 aromatic heterocycles. The molecule has 0 saturated carbocycles. The van der Waals surface area contributed by atoms with Gasteiger partial charge in [0.15, 0.2) is 16.7 Å². The first kappa shape index (κ1) is 16.0. The predicted molar refractivity (Wildman–Crippen MR) is 67.0 cm³/mol. The van der Waals surface area contributed by atoms with Gasteiger partial charge in [-0.2, -0.15) is 0 Å². The van der Waals surface area contributed by atoms with E-state index in [1.165, 1.54) is 9.10 Å². The number of hydrazine groups is 2. The molecule has 1 aliphatic heterocycles. The number of carbonyl (C=O) groups is 1. The molecular formula is C3H15N8O2P3. The molecule has 0 aromatic rings. The molecule has 0 bridgehead atoms. The molecule has 0 spiro atoms. The van der Waals surface area contributed by atoms with Crippen LogP contribution in [0.1, 0.15) is 0 Å².